The second-order valence-corrected chi connectivity index (χ2v) is 3.43. The summed E-state index contributed by atoms with van der Waals surface area (Å²) in [7, 11) is 0. The fourth-order valence-electron chi connectivity index (χ4n) is 1.82. The lowest BCUT2D eigenvalue weighted by Gasteiger charge is -2.01. The van der Waals surface area contributed by atoms with Crippen LogP contribution in [0.1, 0.15) is 5.82 Å². The van der Waals surface area contributed by atoms with Crippen molar-refractivity contribution in [2.75, 3.05) is 0 Å². The Morgan fingerprint density at radius 3 is 2.87 bits per heavy atom. The van der Waals surface area contributed by atoms with Crippen LogP contribution in [-0.2, 0) is 0 Å². The Bertz CT molecular complexity index is 592. The molecule has 15 heavy (non-hydrogen) atoms. The number of benzene rings is 1. The minimum absolute atomic E-state index is 0.946. The van der Waals surface area contributed by atoms with E-state index in [1.807, 2.05) is 31.2 Å². The van der Waals surface area contributed by atoms with Gasteiger partial charge in [-0.15, -0.1) is 0 Å². The smallest absolute Gasteiger partial charge is 0.134 e. The number of aromatic nitrogens is 4. The molecule has 0 bridgehead atoms. The van der Waals surface area contributed by atoms with Gasteiger partial charge in [-0.1, -0.05) is 12.1 Å². The Labute approximate surface area is 86.6 Å². The van der Waals surface area contributed by atoms with Crippen LogP contribution in [-0.4, -0.2) is 19.7 Å². The third-order valence-corrected chi connectivity index (χ3v) is 2.46. The summed E-state index contributed by atoms with van der Waals surface area (Å²) in [6, 6.07) is 9.99. The number of hydrogen-bond acceptors (Lipinski definition) is 2. The van der Waals surface area contributed by atoms with Gasteiger partial charge in [0.15, 0.2) is 0 Å². The average molecular weight is 198 g/mol. The lowest BCUT2D eigenvalue weighted by atomic mass is 10.3. The number of para-hydroxylation sites is 2. The van der Waals surface area contributed by atoms with Gasteiger partial charge in [0.1, 0.15) is 11.6 Å². The Morgan fingerprint density at radius 2 is 2.07 bits per heavy atom. The normalized spacial score (nSPS) is 11.0. The second kappa shape index (κ2) is 2.95. The molecule has 0 aliphatic rings. The molecule has 1 N–H and O–H groups in total. The van der Waals surface area contributed by atoms with Gasteiger partial charge in [0.2, 0.25) is 0 Å². The summed E-state index contributed by atoms with van der Waals surface area (Å²) in [5, 5.41) is 6.90. The van der Waals surface area contributed by atoms with E-state index in [4.69, 9.17) is 0 Å². The molecule has 2 aromatic heterocycles. The standard InChI is InChI=1S/C11H10N4/c1-8-13-9-4-2-3-5-10(9)15(8)11-6-7-12-14-11/h2-7H,1H3,(H,12,14). The zero-order valence-electron chi connectivity index (χ0n) is 8.31. The van der Waals surface area contributed by atoms with Gasteiger partial charge in [-0.25, -0.2) is 4.98 Å². The molecule has 1 aromatic carbocycles. The monoisotopic (exact) mass is 198 g/mol. The minimum Gasteiger partial charge on any atom is -0.281 e. The highest BCUT2D eigenvalue weighted by Gasteiger charge is 2.08. The van der Waals surface area contributed by atoms with Gasteiger partial charge in [-0.3, -0.25) is 9.67 Å². The molecule has 0 saturated heterocycles. The molecule has 2 heterocycles. The number of hydrogen-bond donors (Lipinski definition) is 1. The summed E-state index contributed by atoms with van der Waals surface area (Å²) >= 11 is 0. The first-order chi connectivity index (χ1) is 7.36. The molecular weight excluding hydrogens is 188 g/mol. The van der Waals surface area contributed by atoms with Crippen LogP contribution in [0.2, 0.25) is 0 Å². The van der Waals surface area contributed by atoms with Crippen molar-refractivity contribution in [3.63, 3.8) is 0 Å². The molecule has 3 aromatic rings. The van der Waals surface area contributed by atoms with Crippen molar-refractivity contribution in [2.45, 2.75) is 6.92 Å². The summed E-state index contributed by atoms with van der Waals surface area (Å²) in [5.74, 6) is 1.90. The van der Waals surface area contributed by atoms with Gasteiger partial charge in [0.25, 0.3) is 0 Å². The molecule has 0 atom stereocenters. The first kappa shape index (κ1) is 8.23. The SMILES string of the molecule is Cc1nc2ccccc2n1-c1ccn[nH]1. The highest BCUT2D eigenvalue weighted by molar-refractivity contribution is 5.77. The topological polar surface area (TPSA) is 46.5 Å². The van der Waals surface area contributed by atoms with Crippen molar-refractivity contribution in [1.82, 2.24) is 19.7 Å². The highest BCUT2D eigenvalue weighted by Crippen LogP contribution is 2.18. The van der Waals surface area contributed by atoms with E-state index in [9.17, 15) is 0 Å². The second-order valence-electron chi connectivity index (χ2n) is 3.43. The maximum absolute atomic E-state index is 4.48. The van der Waals surface area contributed by atoms with Crippen molar-refractivity contribution >= 4 is 11.0 Å². The number of H-pyrrole nitrogens is 1. The fraction of sp³-hybridized carbons (Fsp3) is 0.0909. The van der Waals surface area contributed by atoms with Gasteiger partial charge < -0.3 is 0 Å². The van der Waals surface area contributed by atoms with E-state index in [-0.39, 0.29) is 0 Å². The molecule has 4 nitrogen and oxygen atoms in total. The summed E-state index contributed by atoms with van der Waals surface area (Å²) in [4.78, 5) is 4.48. The van der Waals surface area contributed by atoms with Crippen molar-refractivity contribution < 1.29 is 0 Å². The third-order valence-electron chi connectivity index (χ3n) is 2.46. The van der Waals surface area contributed by atoms with Crippen LogP contribution in [0.15, 0.2) is 36.5 Å². The molecule has 4 heteroatoms. The zero-order chi connectivity index (χ0) is 10.3. The number of imidazole rings is 1. The van der Waals surface area contributed by atoms with Gasteiger partial charge in [-0.05, 0) is 19.1 Å². The summed E-state index contributed by atoms with van der Waals surface area (Å²) in [5.41, 5.74) is 2.10. The Balaban J connectivity index is 2.39. The number of nitrogens with zero attached hydrogens (tertiary/aromatic N) is 3. The molecular formula is C11H10N4. The molecule has 0 unspecified atom stereocenters. The molecule has 0 saturated carbocycles. The van der Waals surface area contributed by atoms with Gasteiger partial charge in [-0.2, -0.15) is 5.10 Å². The van der Waals surface area contributed by atoms with Gasteiger partial charge >= 0.3 is 0 Å². The van der Waals surface area contributed by atoms with Crippen molar-refractivity contribution in [2.24, 2.45) is 0 Å². The van der Waals surface area contributed by atoms with E-state index in [0.29, 0.717) is 0 Å². The van der Waals surface area contributed by atoms with E-state index < -0.39 is 0 Å². The highest BCUT2D eigenvalue weighted by atomic mass is 15.2. The third kappa shape index (κ3) is 1.15. The number of aryl methyl sites for hydroxylation is 1. The first-order valence-corrected chi connectivity index (χ1v) is 4.80. The molecule has 0 radical (unpaired) electrons. The lowest BCUT2D eigenvalue weighted by molar-refractivity contribution is 0.932. The van der Waals surface area contributed by atoms with Gasteiger partial charge in [0, 0.05) is 6.07 Å². The predicted octanol–water partition coefficient (Wildman–Crippen LogP) is 2.06. The number of rotatable bonds is 1. The quantitative estimate of drug-likeness (QED) is 0.650. The molecule has 3 rings (SSSR count). The number of aromatic amines is 1. The van der Waals surface area contributed by atoms with Crippen LogP contribution in [0.25, 0.3) is 16.9 Å². The molecule has 0 aliphatic carbocycles. The van der Waals surface area contributed by atoms with E-state index in [2.05, 4.69) is 25.8 Å². The Hall–Kier alpha value is -2.10. The lowest BCUT2D eigenvalue weighted by Crippen LogP contribution is -1.96. The van der Waals surface area contributed by atoms with Crippen molar-refractivity contribution in [3.05, 3.63) is 42.4 Å². The van der Waals surface area contributed by atoms with E-state index in [1.165, 1.54) is 0 Å². The zero-order valence-corrected chi connectivity index (χ0v) is 8.31. The van der Waals surface area contributed by atoms with E-state index >= 15 is 0 Å². The predicted molar refractivity (Wildman–Crippen MR) is 58.0 cm³/mol. The maximum Gasteiger partial charge on any atom is 0.134 e. The summed E-state index contributed by atoms with van der Waals surface area (Å²) < 4.78 is 2.06. The Morgan fingerprint density at radius 1 is 1.20 bits per heavy atom. The molecule has 0 amide bonds. The van der Waals surface area contributed by atoms with Gasteiger partial charge in [0.05, 0.1) is 17.2 Å². The Kier molecular flexibility index (Phi) is 1.62. The van der Waals surface area contributed by atoms with Crippen LogP contribution >= 0.6 is 0 Å². The molecule has 0 fully saturated rings. The van der Waals surface area contributed by atoms with Crippen molar-refractivity contribution in [3.8, 4) is 5.82 Å². The van der Waals surface area contributed by atoms with E-state index in [1.54, 1.807) is 6.20 Å². The van der Waals surface area contributed by atoms with Crippen LogP contribution in [0.3, 0.4) is 0 Å². The largest absolute Gasteiger partial charge is 0.281 e. The van der Waals surface area contributed by atoms with Crippen LogP contribution in [0, 0.1) is 6.92 Å². The maximum atomic E-state index is 4.48. The summed E-state index contributed by atoms with van der Waals surface area (Å²) in [6.45, 7) is 1.99. The molecule has 0 spiro atoms. The minimum atomic E-state index is 0.946. The van der Waals surface area contributed by atoms with Crippen LogP contribution < -0.4 is 0 Å². The van der Waals surface area contributed by atoms with Crippen molar-refractivity contribution in [1.29, 1.82) is 0 Å². The van der Waals surface area contributed by atoms with E-state index in [0.717, 1.165) is 22.7 Å². The first-order valence-electron chi connectivity index (χ1n) is 4.80. The number of fused-ring (bicyclic) bond motifs is 1. The van der Waals surface area contributed by atoms with Crippen LogP contribution in [0.4, 0.5) is 0 Å². The molecule has 74 valence electrons. The van der Waals surface area contributed by atoms with Crippen LogP contribution in [0.5, 0.6) is 0 Å². The summed E-state index contributed by atoms with van der Waals surface area (Å²) in [6.07, 6.45) is 1.74. The fourth-order valence-corrected chi connectivity index (χ4v) is 1.82. The number of nitrogens with one attached hydrogen (secondary N) is 1. The molecule has 0 aliphatic heterocycles. The average Bonchev–Trinajstić information content (AvgIpc) is 2.82.